The van der Waals surface area contributed by atoms with Gasteiger partial charge in [-0.2, -0.15) is 0 Å². The summed E-state index contributed by atoms with van der Waals surface area (Å²) >= 11 is 0. The van der Waals surface area contributed by atoms with Crippen LogP contribution < -0.4 is 10.6 Å². The first kappa shape index (κ1) is 22.4. The maximum atomic E-state index is 12.9. The van der Waals surface area contributed by atoms with Crippen LogP contribution in [0.15, 0.2) is 48.5 Å². The fraction of sp³-hybridized carbons (Fsp3) is 0.423. The van der Waals surface area contributed by atoms with Gasteiger partial charge in [0.15, 0.2) is 0 Å². The van der Waals surface area contributed by atoms with Crippen LogP contribution in [-0.4, -0.2) is 54.5 Å². The van der Waals surface area contributed by atoms with E-state index in [1.165, 1.54) is 0 Å². The predicted octanol–water partition coefficient (Wildman–Crippen LogP) is 3.05. The molecule has 0 aromatic heterocycles. The summed E-state index contributed by atoms with van der Waals surface area (Å²) in [5.74, 6) is -1.76. The Kier molecular flexibility index (Phi) is 6.00. The van der Waals surface area contributed by atoms with E-state index in [2.05, 4.69) is 34.9 Å². The molecular formula is C26H28N2O6. The molecule has 1 saturated carbocycles. The molecule has 2 aromatic rings. The number of fused-ring (bicyclic) bond motifs is 3. The van der Waals surface area contributed by atoms with Crippen LogP contribution in [0, 0.1) is 5.92 Å². The van der Waals surface area contributed by atoms with Gasteiger partial charge in [-0.1, -0.05) is 48.5 Å². The number of benzene rings is 2. The summed E-state index contributed by atoms with van der Waals surface area (Å²) < 4.78 is 11.1. The zero-order chi connectivity index (χ0) is 23.7. The van der Waals surface area contributed by atoms with Crippen LogP contribution in [-0.2, 0) is 19.1 Å². The quantitative estimate of drug-likeness (QED) is 0.580. The molecule has 2 aliphatic carbocycles. The Labute approximate surface area is 197 Å². The smallest absolute Gasteiger partial charge is 0.408 e. The summed E-state index contributed by atoms with van der Waals surface area (Å²) in [5.41, 5.74) is 3.57. The number of carbonyl (C=O) groups is 3. The van der Waals surface area contributed by atoms with Crippen molar-refractivity contribution in [3.8, 4) is 11.1 Å². The van der Waals surface area contributed by atoms with Gasteiger partial charge in [-0.15, -0.1) is 0 Å². The third-order valence-electron chi connectivity index (χ3n) is 7.25. The summed E-state index contributed by atoms with van der Waals surface area (Å²) in [4.78, 5) is 36.7. The molecule has 3 N–H and O–H groups in total. The topological polar surface area (TPSA) is 114 Å². The maximum Gasteiger partial charge on any atom is 0.408 e. The highest BCUT2D eigenvalue weighted by Crippen LogP contribution is 2.44. The zero-order valence-corrected chi connectivity index (χ0v) is 18.8. The minimum absolute atomic E-state index is 0.0500. The number of amides is 2. The molecule has 2 aromatic carbocycles. The number of carboxylic acids is 1. The summed E-state index contributed by atoms with van der Waals surface area (Å²) in [6, 6.07) is 16.2. The van der Waals surface area contributed by atoms with Crippen molar-refractivity contribution in [1.82, 2.24) is 10.6 Å². The Bertz CT molecular complexity index is 1070. The van der Waals surface area contributed by atoms with Gasteiger partial charge in [-0.25, -0.2) is 4.79 Å². The molecule has 2 amide bonds. The van der Waals surface area contributed by atoms with Crippen LogP contribution in [0.5, 0.6) is 0 Å². The molecule has 1 aliphatic heterocycles. The normalized spacial score (nSPS) is 22.2. The Morgan fingerprint density at radius 3 is 2.24 bits per heavy atom. The molecule has 0 bridgehead atoms. The van der Waals surface area contributed by atoms with Crippen LogP contribution in [0.3, 0.4) is 0 Å². The first-order valence-corrected chi connectivity index (χ1v) is 11.7. The lowest BCUT2D eigenvalue weighted by molar-refractivity contribution is -0.141. The van der Waals surface area contributed by atoms with E-state index in [0.29, 0.717) is 19.3 Å². The highest BCUT2D eigenvalue weighted by atomic mass is 16.5. The second-order valence-corrected chi connectivity index (χ2v) is 9.32. The number of hydrogen-bond donors (Lipinski definition) is 3. The number of carboxylic acid groups (broad SMARTS) is 1. The van der Waals surface area contributed by atoms with E-state index in [-0.39, 0.29) is 37.7 Å². The van der Waals surface area contributed by atoms with Gasteiger partial charge in [-0.05, 0) is 47.9 Å². The molecule has 2 unspecified atom stereocenters. The fourth-order valence-electron chi connectivity index (χ4n) is 5.16. The SMILES string of the molecule is O=C(NC1(C(=O)NCC2CC(C(=O)O)CO2)CCC1)OCC1c2ccccc2-c2ccccc21. The molecule has 2 fully saturated rings. The molecule has 2 atom stereocenters. The average molecular weight is 465 g/mol. The molecule has 0 spiro atoms. The minimum Gasteiger partial charge on any atom is -0.481 e. The Balaban J connectivity index is 1.17. The monoisotopic (exact) mass is 464 g/mol. The molecule has 3 aliphatic rings. The number of nitrogens with one attached hydrogen (secondary N) is 2. The van der Waals surface area contributed by atoms with Gasteiger partial charge in [0.05, 0.1) is 18.6 Å². The molecule has 1 heterocycles. The Hall–Kier alpha value is -3.39. The van der Waals surface area contributed by atoms with Crippen molar-refractivity contribution < 1.29 is 29.0 Å². The molecule has 34 heavy (non-hydrogen) atoms. The van der Waals surface area contributed by atoms with Crippen LogP contribution in [0.1, 0.15) is 42.7 Å². The largest absolute Gasteiger partial charge is 0.481 e. The van der Waals surface area contributed by atoms with Crippen LogP contribution >= 0.6 is 0 Å². The summed E-state index contributed by atoms with van der Waals surface area (Å²) in [7, 11) is 0. The van der Waals surface area contributed by atoms with Gasteiger partial charge in [0.1, 0.15) is 12.1 Å². The van der Waals surface area contributed by atoms with Gasteiger partial charge in [0.2, 0.25) is 5.91 Å². The first-order valence-electron chi connectivity index (χ1n) is 11.7. The number of ether oxygens (including phenoxy) is 2. The molecule has 8 heteroatoms. The van der Waals surface area contributed by atoms with E-state index in [1.807, 2.05) is 24.3 Å². The predicted molar refractivity (Wildman–Crippen MR) is 123 cm³/mol. The van der Waals surface area contributed by atoms with Gasteiger partial charge < -0.3 is 25.2 Å². The molecule has 1 saturated heterocycles. The fourth-order valence-corrected chi connectivity index (χ4v) is 5.16. The molecule has 8 nitrogen and oxygen atoms in total. The molecule has 5 rings (SSSR count). The maximum absolute atomic E-state index is 12.9. The second-order valence-electron chi connectivity index (χ2n) is 9.32. The van der Waals surface area contributed by atoms with Gasteiger partial charge in [-0.3, -0.25) is 9.59 Å². The average Bonchev–Trinajstić information content (AvgIpc) is 3.42. The van der Waals surface area contributed by atoms with Gasteiger partial charge in [0.25, 0.3) is 0 Å². The van der Waals surface area contributed by atoms with Crippen molar-refractivity contribution in [3.05, 3.63) is 59.7 Å². The number of alkyl carbamates (subject to hydrolysis) is 1. The van der Waals surface area contributed by atoms with Gasteiger partial charge >= 0.3 is 12.1 Å². The lowest BCUT2D eigenvalue weighted by Crippen LogP contribution is -2.63. The highest BCUT2D eigenvalue weighted by molar-refractivity contribution is 5.91. The van der Waals surface area contributed by atoms with E-state index in [0.717, 1.165) is 28.7 Å². The van der Waals surface area contributed by atoms with E-state index in [1.54, 1.807) is 0 Å². The summed E-state index contributed by atoms with van der Waals surface area (Å²) in [5, 5.41) is 14.7. The first-order chi connectivity index (χ1) is 16.5. The van der Waals surface area contributed by atoms with Crippen molar-refractivity contribution in [3.63, 3.8) is 0 Å². The minimum atomic E-state index is -0.993. The van der Waals surface area contributed by atoms with E-state index in [9.17, 15) is 14.4 Å². The standard InChI is InChI=1S/C26H28N2O6/c29-23(30)16-12-17(33-14-16)13-27-24(31)26(10-5-11-26)28-25(32)34-15-22-20-8-3-1-6-18(20)19-7-2-4-9-21(19)22/h1-4,6-9,16-17,22H,5,10-15H2,(H,27,31)(H,28,32)(H,29,30). The van der Waals surface area contributed by atoms with Crippen molar-refractivity contribution in [2.75, 3.05) is 19.8 Å². The lowest BCUT2D eigenvalue weighted by Gasteiger charge is -2.40. The van der Waals surface area contributed by atoms with Crippen molar-refractivity contribution >= 4 is 18.0 Å². The van der Waals surface area contributed by atoms with Crippen molar-refractivity contribution in [2.24, 2.45) is 5.92 Å². The van der Waals surface area contributed by atoms with Crippen LogP contribution in [0.25, 0.3) is 11.1 Å². The molecule has 0 radical (unpaired) electrons. The zero-order valence-electron chi connectivity index (χ0n) is 18.8. The summed E-state index contributed by atoms with van der Waals surface area (Å²) in [6.07, 6.45) is 1.32. The number of rotatable bonds is 7. The number of carbonyl (C=O) groups excluding carboxylic acids is 2. The number of hydrogen-bond acceptors (Lipinski definition) is 5. The van der Waals surface area contributed by atoms with Crippen molar-refractivity contribution in [2.45, 2.75) is 43.2 Å². The molecular weight excluding hydrogens is 436 g/mol. The van der Waals surface area contributed by atoms with Gasteiger partial charge in [0, 0.05) is 12.5 Å². The second kappa shape index (κ2) is 9.10. The van der Waals surface area contributed by atoms with E-state index < -0.39 is 23.5 Å². The summed E-state index contributed by atoms with van der Waals surface area (Å²) in [6.45, 7) is 0.555. The third kappa shape index (κ3) is 4.14. The van der Waals surface area contributed by atoms with E-state index >= 15 is 0 Å². The lowest BCUT2D eigenvalue weighted by atomic mass is 9.76. The van der Waals surface area contributed by atoms with Crippen LogP contribution in [0.4, 0.5) is 4.79 Å². The highest BCUT2D eigenvalue weighted by Gasteiger charge is 2.46. The third-order valence-corrected chi connectivity index (χ3v) is 7.25. The Morgan fingerprint density at radius 1 is 1.03 bits per heavy atom. The van der Waals surface area contributed by atoms with Crippen LogP contribution in [0.2, 0.25) is 0 Å². The van der Waals surface area contributed by atoms with Crippen molar-refractivity contribution in [1.29, 1.82) is 0 Å². The Morgan fingerprint density at radius 2 is 1.68 bits per heavy atom. The number of aliphatic carboxylic acids is 1. The molecule has 178 valence electrons. The van der Waals surface area contributed by atoms with E-state index in [4.69, 9.17) is 14.6 Å².